The highest BCUT2D eigenvalue weighted by molar-refractivity contribution is 5.85. The van der Waals surface area contributed by atoms with Gasteiger partial charge in [-0.25, -0.2) is 4.39 Å². The summed E-state index contributed by atoms with van der Waals surface area (Å²) in [6, 6.07) is 6.65. The zero-order valence-corrected chi connectivity index (χ0v) is 9.98. The van der Waals surface area contributed by atoms with Gasteiger partial charge in [0.2, 0.25) is 0 Å². The Kier molecular flexibility index (Phi) is 4.65. The molecule has 1 rings (SSSR count). The molecule has 0 N–H and O–H groups in total. The van der Waals surface area contributed by atoms with Crippen molar-refractivity contribution in [2.24, 2.45) is 5.92 Å². The van der Waals surface area contributed by atoms with Gasteiger partial charge in [0.05, 0.1) is 23.2 Å². The van der Waals surface area contributed by atoms with Gasteiger partial charge in [0, 0.05) is 13.1 Å². The van der Waals surface area contributed by atoms with Crippen LogP contribution in [0.25, 0.3) is 0 Å². The van der Waals surface area contributed by atoms with Gasteiger partial charge in [-0.15, -0.1) is 0 Å². The fourth-order valence-electron chi connectivity index (χ4n) is 1.69. The lowest BCUT2D eigenvalue weighted by molar-refractivity contribution is 0.112. The third-order valence-corrected chi connectivity index (χ3v) is 2.58. The zero-order chi connectivity index (χ0) is 12.8. The number of aldehydes is 1. The molecule has 1 aromatic rings. The van der Waals surface area contributed by atoms with Crippen molar-refractivity contribution in [2.75, 3.05) is 18.0 Å². The van der Waals surface area contributed by atoms with Crippen LogP contribution in [0.2, 0.25) is 0 Å². The van der Waals surface area contributed by atoms with E-state index in [9.17, 15) is 9.18 Å². The summed E-state index contributed by atoms with van der Waals surface area (Å²) in [5, 5.41) is 8.79. The summed E-state index contributed by atoms with van der Waals surface area (Å²) in [5.74, 6) is -0.696. The smallest absolute Gasteiger partial charge is 0.155 e. The minimum atomic E-state index is -0.527. The van der Waals surface area contributed by atoms with Crippen molar-refractivity contribution in [3.8, 4) is 6.07 Å². The molecule has 0 saturated heterocycles. The molecule has 1 aromatic carbocycles. The van der Waals surface area contributed by atoms with E-state index in [-0.39, 0.29) is 11.5 Å². The lowest BCUT2D eigenvalue weighted by atomic mass is 10.1. The molecule has 0 saturated carbocycles. The highest BCUT2D eigenvalue weighted by atomic mass is 19.1. The minimum Gasteiger partial charge on any atom is -0.370 e. The Bertz CT molecular complexity index is 440. The molecule has 0 bridgehead atoms. The van der Waals surface area contributed by atoms with E-state index in [1.165, 1.54) is 6.07 Å². The maximum atomic E-state index is 13.4. The van der Waals surface area contributed by atoms with Gasteiger partial charge in [0.15, 0.2) is 6.29 Å². The first-order chi connectivity index (χ1) is 8.13. The molecule has 0 aliphatic rings. The normalized spacial score (nSPS) is 11.6. The fraction of sp³-hybridized carbons (Fsp3) is 0.385. The van der Waals surface area contributed by atoms with Crippen LogP contribution in [0.1, 0.15) is 24.2 Å². The minimum absolute atomic E-state index is 0.0551. The van der Waals surface area contributed by atoms with Crippen molar-refractivity contribution in [2.45, 2.75) is 13.8 Å². The topological polar surface area (TPSA) is 44.1 Å². The summed E-state index contributed by atoms with van der Waals surface area (Å²) in [6.07, 6.45) is 0.518. The quantitative estimate of drug-likeness (QED) is 0.735. The van der Waals surface area contributed by atoms with Crippen LogP contribution in [0.15, 0.2) is 18.2 Å². The van der Waals surface area contributed by atoms with Crippen molar-refractivity contribution in [3.05, 3.63) is 29.6 Å². The number of rotatable bonds is 5. The second-order valence-corrected chi connectivity index (χ2v) is 3.86. The van der Waals surface area contributed by atoms with Crippen LogP contribution in [-0.2, 0) is 0 Å². The molecule has 0 fully saturated rings. The van der Waals surface area contributed by atoms with Crippen LogP contribution in [-0.4, -0.2) is 19.4 Å². The predicted octanol–water partition coefficient (Wildman–Crippen LogP) is 2.62. The summed E-state index contributed by atoms with van der Waals surface area (Å²) in [6.45, 7) is 4.81. The first-order valence-corrected chi connectivity index (χ1v) is 5.52. The third kappa shape index (κ3) is 3.04. The second-order valence-electron chi connectivity index (χ2n) is 3.86. The van der Waals surface area contributed by atoms with Crippen molar-refractivity contribution in [1.82, 2.24) is 0 Å². The maximum absolute atomic E-state index is 13.4. The van der Waals surface area contributed by atoms with Gasteiger partial charge in [-0.2, -0.15) is 5.26 Å². The number of anilines is 1. The predicted molar refractivity (Wildman–Crippen MR) is 64.5 cm³/mol. The number of nitrogens with zero attached hydrogens (tertiary/aromatic N) is 2. The van der Waals surface area contributed by atoms with Gasteiger partial charge in [-0.05, 0) is 26.0 Å². The van der Waals surface area contributed by atoms with E-state index in [1.807, 2.05) is 11.8 Å². The number of halogens is 1. The first kappa shape index (κ1) is 13.2. The number of hydrogen-bond acceptors (Lipinski definition) is 3. The van der Waals surface area contributed by atoms with Crippen LogP contribution in [0, 0.1) is 23.1 Å². The number of hydrogen-bond donors (Lipinski definition) is 0. The molecule has 0 spiro atoms. The van der Waals surface area contributed by atoms with Gasteiger partial charge >= 0.3 is 0 Å². The molecule has 3 nitrogen and oxygen atoms in total. The Morgan fingerprint density at radius 1 is 1.59 bits per heavy atom. The van der Waals surface area contributed by atoms with Gasteiger partial charge in [-0.1, -0.05) is 6.07 Å². The maximum Gasteiger partial charge on any atom is 0.155 e. The number of carbonyl (C=O) groups is 1. The van der Waals surface area contributed by atoms with E-state index < -0.39 is 5.82 Å². The molecule has 0 radical (unpaired) electrons. The van der Waals surface area contributed by atoms with Crippen LogP contribution >= 0.6 is 0 Å². The standard InChI is InChI=1S/C13H15FN2O/c1-3-16(8-10(2)7-15)13-6-4-5-12(14)11(13)9-17/h4-6,9-10H,3,8H2,1-2H3. The third-order valence-electron chi connectivity index (χ3n) is 2.58. The lowest BCUT2D eigenvalue weighted by Crippen LogP contribution is -2.28. The van der Waals surface area contributed by atoms with Gasteiger partial charge in [0.25, 0.3) is 0 Å². The number of nitriles is 1. The molecular weight excluding hydrogens is 219 g/mol. The Hall–Kier alpha value is -1.89. The van der Waals surface area contributed by atoms with E-state index in [2.05, 4.69) is 6.07 Å². The van der Waals surface area contributed by atoms with Crippen LogP contribution in [0.5, 0.6) is 0 Å². The van der Waals surface area contributed by atoms with Crippen molar-refractivity contribution in [3.63, 3.8) is 0 Å². The first-order valence-electron chi connectivity index (χ1n) is 5.52. The van der Waals surface area contributed by atoms with Crippen LogP contribution in [0.3, 0.4) is 0 Å². The summed E-state index contributed by atoms with van der Waals surface area (Å²) >= 11 is 0. The molecule has 1 unspecified atom stereocenters. The Morgan fingerprint density at radius 2 is 2.29 bits per heavy atom. The molecule has 0 heterocycles. The summed E-state index contributed by atoms with van der Waals surface area (Å²) in [4.78, 5) is 12.7. The van der Waals surface area contributed by atoms with E-state index in [4.69, 9.17) is 5.26 Å². The SMILES string of the molecule is CCN(CC(C)C#N)c1cccc(F)c1C=O. The molecule has 0 aliphatic carbocycles. The fourth-order valence-corrected chi connectivity index (χ4v) is 1.69. The van der Waals surface area contributed by atoms with E-state index >= 15 is 0 Å². The molecule has 0 amide bonds. The Balaban J connectivity index is 3.08. The summed E-state index contributed by atoms with van der Waals surface area (Å²) in [5.41, 5.74) is 0.601. The van der Waals surface area contributed by atoms with E-state index in [1.54, 1.807) is 19.1 Å². The average molecular weight is 234 g/mol. The van der Waals surface area contributed by atoms with Crippen molar-refractivity contribution in [1.29, 1.82) is 5.26 Å². The molecule has 90 valence electrons. The van der Waals surface area contributed by atoms with Crippen LogP contribution in [0.4, 0.5) is 10.1 Å². The highest BCUT2D eigenvalue weighted by Crippen LogP contribution is 2.22. The average Bonchev–Trinajstić information content (AvgIpc) is 2.35. The molecule has 1 atom stereocenters. The number of carbonyl (C=O) groups excluding carboxylic acids is 1. The molecular formula is C13H15FN2O. The summed E-state index contributed by atoms with van der Waals surface area (Å²) in [7, 11) is 0. The largest absolute Gasteiger partial charge is 0.370 e. The molecule has 0 aliphatic heterocycles. The van der Waals surface area contributed by atoms with E-state index in [0.29, 0.717) is 25.1 Å². The van der Waals surface area contributed by atoms with Gasteiger partial charge < -0.3 is 4.90 Å². The Labute approximate surface area is 100 Å². The highest BCUT2D eigenvalue weighted by Gasteiger charge is 2.15. The molecule has 0 aromatic heterocycles. The van der Waals surface area contributed by atoms with E-state index in [0.717, 1.165) is 0 Å². The second kappa shape index (κ2) is 6.00. The van der Waals surface area contributed by atoms with Crippen molar-refractivity contribution < 1.29 is 9.18 Å². The summed E-state index contributed by atoms with van der Waals surface area (Å²) < 4.78 is 13.4. The molecule has 17 heavy (non-hydrogen) atoms. The lowest BCUT2D eigenvalue weighted by Gasteiger charge is -2.25. The zero-order valence-electron chi connectivity index (χ0n) is 9.98. The van der Waals surface area contributed by atoms with Gasteiger partial charge in [-0.3, -0.25) is 4.79 Å². The van der Waals surface area contributed by atoms with Crippen molar-refractivity contribution >= 4 is 12.0 Å². The monoisotopic (exact) mass is 234 g/mol. The number of benzene rings is 1. The molecule has 4 heteroatoms. The van der Waals surface area contributed by atoms with Gasteiger partial charge in [0.1, 0.15) is 5.82 Å². The Morgan fingerprint density at radius 3 is 2.82 bits per heavy atom. The van der Waals surface area contributed by atoms with Crippen LogP contribution < -0.4 is 4.90 Å².